The van der Waals surface area contributed by atoms with Crippen molar-refractivity contribution < 1.29 is 34.0 Å². The molecule has 1 saturated heterocycles. The molecule has 1 aromatic rings. The van der Waals surface area contributed by atoms with Crippen molar-refractivity contribution in [1.82, 2.24) is 0 Å². The van der Waals surface area contributed by atoms with Gasteiger partial charge in [-0.3, -0.25) is 4.79 Å². The van der Waals surface area contributed by atoms with Crippen LogP contribution in [0.1, 0.15) is 17.3 Å². The fourth-order valence-electron chi connectivity index (χ4n) is 2.25. The van der Waals surface area contributed by atoms with Gasteiger partial charge in [0.05, 0.1) is 11.7 Å². The summed E-state index contributed by atoms with van der Waals surface area (Å²) in [5.41, 5.74) is 0.294. The number of ether oxygens (including phenoxy) is 3. The number of carbonyl (C=O) groups excluding carboxylic acids is 2. The summed E-state index contributed by atoms with van der Waals surface area (Å²) in [6.07, 6.45) is -6.30. The van der Waals surface area contributed by atoms with Gasteiger partial charge in [-0.25, -0.2) is 4.79 Å². The molecule has 8 heteroatoms. The molecular weight excluding hydrogens is 328 g/mol. The van der Waals surface area contributed by atoms with Crippen molar-refractivity contribution in [2.24, 2.45) is 0 Å². The number of aliphatic hydroxyl groups excluding tert-OH is 2. The van der Waals surface area contributed by atoms with Crippen LogP contribution in [-0.2, 0) is 19.0 Å². The Labute approximate surface area is 137 Å². The minimum Gasteiger partial charge on any atom is -0.454 e. The number of hydrogen-bond acceptors (Lipinski definition) is 7. The molecule has 0 radical (unpaired) electrons. The van der Waals surface area contributed by atoms with Crippen LogP contribution in [0.2, 0.25) is 0 Å². The van der Waals surface area contributed by atoms with Crippen LogP contribution in [0.25, 0.3) is 0 Å². The summed E-state index contributed by atoms with van der Waals surface area (Å²) in [6.45, 7) is 1.53. The summed E-state index contributed by atoms with van der Waals surface area (Å²) < 4.78 is 15.4. The van der Waals surface area contributed by atoms with Gasteiger partial charge in [-0.05, 0) is 19.1 Å². The van der Waals surface area contributed by atoms with Crippen LogP contribution in [0.4, 0.5) is 0 Å². The van der Waals surface area contributed by atoms with Crippen LogP contribution in [-0.4, -0.2) is 58.7 Å². The lowest BCUT2D eigenvalue weighted by Gasteiger charge is -2.40. The van der Waals surface area contributed by atoms with Crippen molar-refractivity contribution in [2.45, 2.75) is 37.6 Å². The topological polar surface area (TPSA) is 102 Å². The van der Waals surface area contributed by atoms with Gasteiger partial charge in [0.1, 0.15) is 12.0 Å². The Kier molecular flexibility index (Phi) is 5.95. The van der Waals surface area contributed by atoms with Crippen LogP contribution >= 0.6 is 11.6 Å². The smallest absolute Gasteiger partial charge is 0.338 e. The molecule has 7 nitrogen and oxygen atoms in total. The Balaban J connectivity index is 2.17. The molecule has 0 aliphatic carbocycles. The van der Waals surface area contributed by atoms with E-state index in [4.69, 9.17) is 25.8 Å². The summed E-state index contributed by atoms with van der Waals surface area (Å²) in [5, 5.41) is 19.6. The third-order valence-electron chi connectivity index (χ3n) is 3.40. The van der Waals surface area contributed by atoms with Crippen molar-refractivity contribution in [1.29, 1.82) is 0 Å². The summed E-state index contributed by atoms with van der Waals surface area (Å²) in [6, 6.07) is 8.19. The van der Waals surface area contributed by atoms with Crippen molar-refractivity contribution in [2.75, 3.05) is 5.88 Å². The highest BCUT2D eigenvalue weighted by atomic mass is 35.5. The van der Waals surface area contributed by atoms with Gasteiger partial charge in [0.2, 0.25) is 0 Å². The number of carbonyl (C=O) groups is 2. The summed E-state index contributed by atoms with van der Waals surface area (Å²) in [7, 11) is 0. The number of hydrogen-bond donors (Lipinski definition) is 2. The lowest BCUT2D eigenvalue weighted by Crippen LogP contribution is -2.59. The molecule has 2 N–H and O–H groups in total. The van der Waals surface area contributed by atoms with E-state index in [9.17, 15) is 19.8 Å². The lowest BCUT2D eigenvalue weighted by atomic mass is 9.99. The second kappa shape index (κ2) is 7.74. The SMILES string of the molecule is C[C@@H]1O[C@@H](O)[C@H](O)[C@H](OC(=O)CCl)[C@H]1OC(=O)c1ccccc1. The molecule has 0 saturated carbocycles. The molecule has 0 spiro atoms. The number of aliphatic hydroxyl groups is 2. The lowest BCUT2D eigenvalue weighted by molar-refractivity contribution is -0.280. The Morgan fingerprint density at radius 3 is 2.43 bits per heavy atom. The first kappa shape index (κ1) is 17.7. The maximum Gasteiger partial charge on any atom is 0.338 e. The minimum absolute atomic E-state index is 0.294. The third-order valence-corrected chi connectivity index (χ3v) is 3.62. The fourth-order valence-corrected chi connectivity index (χ4v) is 2.31. The molecule has 1 fully saturated rings. The van der Waals surface area contributed by atoms with Crippen LogP contribution in [0.3, 0.4) is 0 Å². The van der Waals surface area contributed by atoms with E-state index in [0.29, 0.717) is 5.56 Å². The molecule has 1 aromatic carbocycles. The van der Waals surface area contributed by atoms with Gasteiger partial charge in [-0.2, -0.15) is 0 Å². The van der Waals surface area contributed by atoms with Gasteiger partial charge in [0, 0.05) is 0 Å². The van der Waals surface area contributed by atoms with Gasteiger partial charge >= 0.3 is 11.9 Å². The first-order valence-electron chi connectivity index (χ1n) is 6.97. The van der Waals surface area contributed by atoms with Crippen LogP contribution in [0, 0.1) is 0 Å². The van der Waals surface area contributed by atoms with Gasteiger partial charge in [-0.15, -0.1) is 11.6 Å². The number of esters is 2. The average Bonchev–Trinajstić information content (AvgIpc) is 2.56. The summed E-state index contributed by atoms with van der Waals surface area (Å²) >= 11 is 5.38. The maximum absolute atomic E-state index is 12.2. The molecular formula is C15H17ClO7. The van der Waals surface area contributed by atoms with Crippen LogP contribution in [0.5, 0.6) is 0 Å². The Bertz CT molecular complexity index is 550. The monoisotopic (exact) mass is 344 g/mol. The van der Waals surface area contributed by atoms with Gasteiger partial charge < -0.3 is 24.4 Å². The number of rotatable bonds is 4. The zero-order valence-corrected chi connectivity index (χ0v) is 13.1. The van der Waals surface area contributed by atoms with E-state index in [-0.39, 0.29) is 0 Å². The highest BCUT2D eigenvalue weighted by Crippen LogP contribution is 2.26. The molecule has 0 unspecified atom stereocenters. The predicted molar refractivity (Wildman–Crippen MR) is 78.8 cm³/mol. The second-order valence-corrected chi connectivity index (χ2v) is 5.31. The fraction of sp³-hybridized carbons (Fsp3) is 0.467. The number of alkyl halides is 1. The third kappa shape index (κ3) is 4.20. The molecule has 0 amide bonds. The van der Waals surface area contributed by atoms with Crippen molar-refractivity contribution in [3.8, 4) is 0 Å². The zero-order valence-electron chi connectivity index (χ0n) is 12.3. The standard InChI is InChI=1S/C15H17ClO7/c1-8-12(23-14(19)9-5-3-2-4-6-9)13(22-10(17)7-16)11(18)15(20)21-8/h2-6,8,11-13,15,18,20H,7H2,1H3/t8-,11+,12-,13-,15+/m0/s1. The molecule has 0 bridgehead atoms. The van der Waals surface area contributed by atoms with E-state index in [2.05, 4.69) is 0 Å². The largest absolute Gasteiger partial charge is 0.454 e. The van der Waals surface area contributed by atoms with Crippen molar-refractivity contribution >= 4 is 23.5 Å². The summed E-state index contributed by atoms with van der Waals surface area (Å²) in [5.74, 6) is -1.91. The van der Waals surface area contributed by atoms with Crippen LogP contribution < -0.4 is 0 Å². The maximum atomic E-state index is 12.2. The highest BCUT2D eigenvalue weighted by Gasteiger charge is 2.47. The molecule has 23 heavy (non-hydrogen) atoms. The summed E-state index contributed by atoms with van der Waals surface area (Å²) in [4.78, 5) is 23.6. The normalized spacial score (nSPS) is 30.5. The molecule has 1 aliphatic rings. The quantitative estimate of drug-likeness (QED) is 0.604. The van der Waals surface area contributed by atoms with Gasteiger partial charge in [0.15, 0.2) is 18.5 Å². The number of benzene rings is 1. The Morgan fingerprint density at radius 2 is 1.83 bits per heavy atom. The van der Waals surface area contributed by atoms with E-state index in [1.54, 1.807) is 30.3 Å². The Hall–Kier alpha value is -1.67. The molecule has 2 rings (SSSR count). The zero-order chi connectivity index (χ0) is 17.0. The predicted octanol–water partition coefficient (Wildman–Crippen LogP) is 0.461. The Morgan fingerprint density at radius 1 is 1.17 bits per heavy atom. The first-order chi connectivity index (χ1) is 10.9. The van der Waals surface area contributed by atoms with E-state index in [1.807, 2.05) is 0 Å². The van der Waals surface area contributed by atoms with Crippen molar-refractivity contribution in [3.05, 3.63) is 35.9 Å². The van der Waals surface area contributed by atoms with Gasteiger partial charge in [0.25, 0.3) is 0 Å². The molecule has 0 aromatic heterocycles. The number of halogens is 1. The van der Waals surface area contributed by atoms with Crippen LogP contribution in [0.15, 0.2) is 30.3 Å². The minimum atomic E-state index is -1.56. The molecule has 126 valence electrons. The van der Waals surface area contributed by atoms with E-state index in [0.717, 1.165) is 0 Å². The van der Waals surface area contributed by atoms with E-state index < -0.39 is 48.5 Å². The van der Waals surface area contributed by atoms with Gasteiger partial charge in [-0.1, -0.05) is 18.2 Å². The highest BCUT2D eigenvalue weighted by molar-refractivity contribution is 6.26. The van der Waals surface area contributed by atoms with E-state index in [1.165, 1.54) is 6.92 Å². The molecule has 5 atom stereocenters. The average molecular weight is 345 g/mol. The van der Waals surface area contributed by atoms with Crippen molar-refractivity contribution in [3.63, 3.8) is 0 Å². The second-order valence-electron chi connectivity index (χ2n) is 5.05. The van der Waals surface area contributed by atoms with E-state index >= 15 is 0 Å². The molecule has 1 aliphatic heterocycles. The molecule has 1 heterocycles. The first-order valence-corrected chi connectivity index (χ1v) is 7.50.